The van der Waals surface area contributed by atoms with Crippen molar-refractivity contribution >= 4 is 11.9 Å². The summed E-state index contributed by atoms with van der Waals surface area (Å²) in [6.07, 6.45) is -2.17. The summed E-state index contributed by atoms with van der Waals surface area (Å²) in [6, 6.07) is 5.17. The highest BCUT2D eigenvalue weighted by molar-refractivity contribution is 5.79. The van der Waals surface area contributed by atoms with Crippen molar-refractivity contribution in [3.63, 3.8) is 0 Å². The maximum atomic E-state index is 13.2. The highest BCUT2D eigenvalue weighted by Gasteiger charge is 2.44. The van der Waals surface area contributed by atoms with E-state index >= 15 is 0 Å². The van der Waals surface area contributed by atoms with Gasteiger partial charge in [0.1, 0.15) is 0 Å². The zero-order valence-corrected chi connectivity index (χ0v) is 15.7. The van der Waals surface area contributed by atoms with Gasteiger partial charge in [-0.05, 0) is 37.3 Å². The van der Waals surface area contributed by atoms with Crippen LogP contribution in [-0.4, -0.2) is 33.9 Å². The van der Waals surface area contributed by atoms with Gasteiger partial charge in [-0.25, -0.2) is 4.98 Å². The lowest BCUT2D eigenvalue weighted by Crippen LogP contribution is -2.45. The van der Waals surface area contributed by atoms with Gasteiger partial charge < -0.3 is 10.6 Å². The predicted molar refractivity (Wildman–Crippen MR) is 100 cm³/mol. The summed E-state index contributed by atoms with van der Waals surface area (Å²) in [6.45, 7) is 0.835. The first-order valence-corrected chi connectivity index (χ1v) is 9.52. The zero-order chi connectivity index (χ0) is 20.8. The molecule has 1 spiro atoms. The number of hydrogen-bond donors (Lipinski definition) is 2. The molecule has 29 heavy (non-hydrogen) atoms. The molecule has 2 aliphatic rings. The number of likely N-dealkylation sites (tertiary alicyclic amines) is 1. The number of aromatic amines is 1. The molecule has 3 N–H and O–H groups in total. The molecule has 1 amide bonds. The van der Waals surface area contributed by atoms with Crippen molar-refractivity contribution in [2.45, 2.75) is 43.7 Å². The van der Waals surface area contributed by atoms with Crippen LogP contribution in [-0.2, 0) is 29.2 Å². The third-order valence-corrected chi connectivity index (χ3v) is 6.13. The van der Waals surface area contributed by atoms with Crippen molar-refractivity contribution in [3.05, 3.63) is 57.0 Å². The molecule has 0 unspecified atom stereocenters. The summed E-state index contributed by atoms with van der Waals surface area (Å²) in [5, 5.41) is 0. The van der Waals surface area contributed by atoms with Crippen LogP contribution in [0.25, 0.3) is 0 Å². The van der Waals surface area contributed by atoms with Crippen molar-refractivity contribution in [1.82, 2.24) is 14.9 Å². The monoisotopic (exact) mass is 406 g/mol. The summed E-state index contributed by atoms with van der Waals surface area (Å²) in [4.78, 5) is 33.3. The minimum absolute atomic E-state index is 0.0162. The molecule has 2 heterocycles. The Balaban J connectivity index is 1.48. The molecule has 0 saturated carbocycles. The second-order valence-corrected chi connectivity index (χ2v) is 7.77. The minimum atomic E-state index is -4.49. The number of rotatable bonds is 2. The Kier molecular flexibility index (Phi) is 4.63. The first-order valence-electron chi connectivity index (χ1n) is 9.52. The molecule has 6 nitrogen and oxygen atoms in total. The standard InChI is InChI=1S/C20H21F3N4O2/c21-20(22,23)14-4-2-1-3-12(14)11-15(28)27-9-7-19(8-10-27)6-5-13-16(19)25-18(24)26-17(13)29/h1-4H,5-11H2,(H3,24,25,26,29). The van der Waals surface area contributed by atoms with E-state index in [-0.39, 0.29) is 34.8 Å². The van der Waals surface area contributed by atoms with Gasteiger partial charge in [-0.15, -0.1) is 0 Å². The largest absolute Gasteiger partial charge is 0.416 e. The van der Waals surface area contributed by atoms with E-state index in [4.69, 9.17) is 5.73 Å². The molecule has 1 aliphatic carbocycles. The fourth-order valence-electron chi connectivity index (χ4n) is 4.57. The molecule has 2 aromatic rings. The van der Waals surface area contributed by atoms with E-state index in [9.17, 15) is 22.8 Å². The first-order chi connectivity index (χ1) is 13.7. The van der Waals surface area contributed by atoms with Gasteiger partial charge in [0, 0.05) is 24.1 Å². The average molecular weight is 406 g/mol. The molecule has 0 atom stereocenters. The Bertz CT molecular complexity index is 1010. The van der Waals surface area contributed by atoms with Crippen LogP contribution < -0.4 is 11.3 Å². The Morgan fingerprint density at radius 2 is 1.90 bits per heavy atom. The molecule has 0 bridgehead atoms. The van der Waals surface area contributed by atoms with Crippen LogP contribution in [0.4, 0.5) is 19.1 Å². The normalized spacial score (nSPS) is 18.1. The van der Waals surface area contributed by atoms with E-state index < -0.39 is 11.7 Å². The van der Waals surface area contributed by atoms with Crippen molar-refractivity contribution in [3.8, 4) is 0 Å². The number of benzene rings is 1. The number of nitrogens with one attached hydrogen (secondary N) is 1. The molecule has 4 rings (SSSR count). The second kappa shape index (κ2) is 6.89. The Labute approximate surface area is 164 Å². The van der Waals surface area contributed by atoms with E-state index in [1.165, 1.54) is 18.2 Å². The van der Waals surface area contributed by atoms with E-state index in [1.54, 1.807) is 4.90 Å². The number of amides is 1. The number of nitrogen functional groups attached to an aromatic ring is 1. The molecule has 1 aromatic heterocycles. The van der Waals surface area contributed by atoms with Crippen LogP contribution in [0.1, 0.15) is 41.6 Å². The van der Waals surface area contributed by atoms with Crippen LogP contribution in [0, 0.1) is 0 Å². The predicted octanol–water partition coefficient (Wildman–Crippen LogP) is 2.42. The van der Waals surface area contributed by atoms with Gasteiger partial charge >= 0.3 is 6.18 Å². The molecule has 1 aromatic carbocycles. The van der Waals surface area contributed by atoms with Crippen LogP contribution in [0.3, 0.4) is 0 Å². The van der Waals surface area contributed by atoms with E-state index in [0.29, 0.717) is 43.6 Å². The number of anilines is 1. The second-order valence-electron chi connectivity index (χ2n) is 7.77. The van der Waals surface area contributed by atoms with Crippen LogP contribution >= 0.6 is 0 Å². The van der Waals surface area contributed by atoms with Gasteiger partial charge in [0.2, 0.25) is 11.9 Å². The fourth-order valence-corrected chi connectivity index (χ4v) is 4.57. The molecular weight excluding hydrogens is 385 g/mol. The molecule has 1 saturated heterocycles. The first kappa shape index (κ1) is 19.5. The number of nitrogens with two attached hydrogens (primary N) is 1. The lowest BCUT2D eigenvalue weighted by atomic mass is 9.76. The van der Waals surface area contributed by atoms with E-state index in [0.717, 1.165) is 12.5 Å². The zero-order valence-electron chi connectivity index (χ0n) is 15.7. The number of H-pyrrole nitrogens is 1. The number of halogens is 3. The topological polar surface area (TPSA) is 92.1 Å². The summed E-state index contributed by atoms with van der Waals surface area (Å²) in [5.74, 6) is -0.245. The number of fused-ring (bicyclic) bond motifs is 2. The molecule has 1 aliphatic heterocycles. The Hall–Kier alpha value is -2.84. The Morgan fingerprint density at radius 3 is 2.59 bits per heavy atom. The van der Waals surface area contributed by atoms with Gasteiger partial charge in [0.25, 0.3) is 5.56 Å². The van der Waals surface area contributed by atoms with Crippen LogP contribution in [0.5, 0.6) is 0 Å². The van der Waals surface area contributed by atoms with Gasteiger partial charge in [0.15, 0.2) is 0 Å². The molecule has 1 fully saturated rings. The number of aromatic nitrogens is 2. The number of nitrogens with zero attached hydrogens (tertiary/aromatic N) is 2. The number of carbonyl (C=O) groups excluding carboxylic acids is 1. The molecule has 0 radical (unpaired) electrons. The van der Waals surface area contributed by atoms with Crippen molar-refractivity contribution < 1.29 is 18.0 Å². The van der Waals surface area contributed by atoms with Crippen LogP contribution in [0.2, 0.25) is 0 Å². The highest BCUT2D eigenvalue weighted by atomic mass is 19.4. The maximum absolute atomic E-state index is 13.2. The third-order valence-electron chi connectivity index (χ3n) is 6.13. The van der Waals surface area contributed by atoms with Gasteiger partial charge in [-0.1, -0.05) is 18.2 Å². The maximum Gasteiger partial charge on any atom is 0.416 e. The van der Waals surface area contributed by atoms with E-state index in [1.807, 2.05) is 0 Å². The average Bonchev–Trinajstić information content (AvgIpc) is 3.00. The van der Waals surface area contributed by atoms with Crippen molar-refractivity contribution in [2.75, 3.05) is 18.8 Å². The van der Waals surface area contributed by atoms with Gasteiger partial charge in [-0.3, -0.25) is 14.6 Å². The van der Waals surface area contributed by atoms with Crippen LogP contribution in [0.15, 0.2) is 29.1 Å². The number of carbonyl (C=O) groups is 1. The lowest BCUT2D eigenvalue weighted by Gasteiger charge is -2.39. The van der Waals surface area contributed by atoms with Gasteiger partial charge in [0.05, 0.1) is 17.7 Å². The highest BCUT2D eigenvalue weighted by Crippen LogP contribution is 2.44. The number of piperidine rings is 1. The minimum Gasteiger partial charge on any atom is -0.369 e. The summed E-state index contributed by atoms with van der Waals surface area (Å²) < 4.78 is 39.5. The van der Waals surface area contributed by atoms with Gasteiger partial charge in [-0.2, -0.15) is 13.2 Å². The SMILES string of the molecule is Nc1nc2c(c(=O)[nH]1)CCC21CCN(C(=O)Cc2ccccc2C(F)(F)F)CC1. The Morgan fingerprint density at radius 1 is 1.21 bits per heavy atom. The summed E-state index contributed by atoms with van der Waals surface area (Å²) in [5.41, 5.74) is 5.78. The third kappa shape index (κ3) is 3.49. The quantitative estimate of drug-likeness (QED) is 0.801. The van der Waals surface area contributed by atoms with E-state index in [2.05, 4.69) is 9.97 Å². The lowest BCUT2D eigenvalue weighted by molar-refractivity contribution is -0.138. The molecule has 154 valence electrons. The summed E-state index contributed by atoms with van der Waals surface area (Å²) >= 11 is 0. The van der Waals surface area contributed by atoms with Crippen molar-refractivity contribution in [2.24, 2.45) is 0 Å². The molecular formula is C20H21F3N4O2. The number of hydrogen-bond acceptors (Lipinski definition) is 4. The number of alkyl halides is 3. The van der Waals surface area contributed by atoms with Crippen molar-refractivity contribution in [1.29, 1.82) is 0 Å². The smallest absolute Gasteiger partial charge is 0.369 e. The molecule has 9 heteroatoms. The fraction of sp³-hybridized carbons (Fsp3) is 0.450. The summed E-state index contributed by atoms with van der Waals surface area (Å²) in [7, 11) is 0.